The van der Waals surface area contributed by atoms with Crippen molar-refractivity contribution < 1.29 is 24.8 Å². The van der Waals surface area contributed by atoms with Gasteiger partial charge in [0.05, 0.1) is 18.8 Å². The smallest absolute Gasteiger partial charge is 0.186 e. The molecule has 5 atom stereocenters. The maximum atomic E-state index is 10.1. The van der Waals surface area contributed by atoms with Crippen LogP contribution < -0.4 is 16.9 Å². The highest BCUT2D eigenvalue weighted by atomic mass is 32.1. The number of nitrogens with one attached hydrogen (secondary N) is 1. The predicted molar refractivity (Wildman–Crippen MR) is 106 cm³/mol. The molecule has 0 spiro atoms. The highest BCUT2D eigenvalue weighted by molar-refractivity contribution is 7.15. The van der Waals surface area contributed by atoms with Crippen molar-refractivity contribution >= 4 is 16.5 Å². The minimum Gasteiger partial charge on any atom is -0.399 e. The topological polar surface area (TPSA) is 159 Å². The molecule has 5 unspecified atom stereocenters. The van der Waals surface area contributed by atoms with Gasteiger partial charge in [0.2, 0.25) is 0 Å². The fraction of sp³-hybridized carbons (Fsp3) is 0.706. The number of ether oxygens (including phenoxy) is 2. The van der Waals surface area contributed by atoms with Gasteiger partial charge in [-0.25, -0.2) is 10.8 Å². The van der Waals surface area contributed by atoms with Gasteiger partial charge in [-0.05, 0) is 12.8 Å². The van der Waals surface area contributed by atoms with E-state index in [4.69, 9.17) is 21.1 Å². The molecule has 2 heterocycles. The van der Waals surface area contributed by atoms with Crippen molar-refractivity contribution in [1.29, 1.82) is 0 Å². The molecular formula is C17H31N5O5S. The van der Waals surface area contributed by atoms with E-state index >= 15 is 0 Å². The number of aryl methyl sites for hydroxylation is 1. The lowest BCUT2D eigenvalue weighted by atomic mass is 9.99. The van der Waals surface area contributed by atoms with Crippen molar-refractivity contribution in [3.63, 3.8) is 0 Å². The predicted octanol–water partition coefficient (Wildman–Crippen LogP) is -0.583. The van der Waals surface area contributed by atoms with E-state index < -0.39 is 30.7 Å². The number of aromatic nitrogens is 1. The third-order valence-electron chi connectivity index (χ3n) is 4.42. The maximum Gasteiger partial charge on any atom is 0.186 e. The molecular weight excluding hydrogens is 386 g/mol. The van der Waals surface area contributed by atoms with Crippen LogP contribution in [-0.4, -0.2) is 76.2 Å². The summed E-state index contributed by atoms with van der Waals surface area (Å²) >= 11 is 1.59. The summed E-state index contributed by atoms with van der Waals surface area (Å²) in [6, 6.07) is 0. The van der Waals surface area contributed by atoms with Crippen LogP contribution in [0.2, 0.25) is 0 Å². The first-order valence-corrected chi connectivity index (χ1v) is 9.86. The molecule has 1 aliphatic rings. The average Bonchev–Trinajstić information content (AvgIpc) is 3.01. The lowest BCUT2D eigenvalue weighted by Crippen LogP contribution is -2.60. The van der Waals surface area contributed by atoms with Crippen molar-refractivity contribution in [2.24, 2.45) is 11.6 Å². The Hall–Kier alpha value is -1.47. The number of rotatable bonds is 8. The molecule has 8 N–H and O–H groups in total. The Kier molecular flexibility index (Phi) is 8.01. The average molecular weight is 418 g/mol. The van der Waals surface area contributed by atoms with E-state index in [0.717, 1.165) is 10.8 Å². The molecule has 1 aliphatic heterocycles. The minimum atomic E-state index is -1.40. The van der Waals surface area contributed by atoms with Gasteiger partial charge in [-0.15, -0.1) is 11.3 Å². The van der Waals surface area contributed by atoms with Crippen LogP contribution in [0.1, 0.15) is 30.3 Å². The summed E-state index contributed by atoms with van der Waals surface area (Å²) in [6.07, 6.45) is -4.46. The number of hydrogen-bond donors (Lipinski definition) is 6. The second-order valence-corrected chi connectivity index (χ2v) is 8.16. The van der Waals surface area contributed by atoms with Crippen LogP contribution in [0.4, 0.5) is 5.13 Å². The molecule has 1 fully saturated rings. The Bertz CT molecular complexity index is 668. The van der Waals surface area contributed by atoms with E-state index in [0.29, 0.717) is 18.2 Å². The second-order valence-electron chi connectivity index (χ2n) is 7.13. The zero-order valence-electron chi connectivity index (χ0n) is 16.6. The van der Waals surface area contributed by atoms with E-state index in [9.17, 15) is 15.3 Å². The fourth-order valence-corrected chi connectivity index (χ4v) is 3.94. The second kappa shape index (κ2) is 9.83. The number of aliphatic hydroxyl groups is 3. The Balaban J connectivity index is 1.90. The van der Waals surface area contributed by atoms with Crippen LogP contribution in [0.5, 0.6) is 0 Å². The van der Waals surface area contributed by atoms with Crippen LogP contribution in [0.25, 0.3) is 0 Å². The van der Waals surface area contributed by atoms with E-state index in [1.165, 1.54) is 23.2 Å². The summed E-state index contributed by atoms with van der Waals surface area (Å²) in [6.45, 7) is 6.60. The van der Waals surface area contributed by atoms with Crippen LogP contribution in [0.15, 0.2) is 11.9 Å². The molecule has 1 aromatic heterocycles. The van der Waals surface area contributed by atoms with Crippen molar-refractivity contribution in [3.05, 3.63) is 22.5 Å². The number of methoxy groups -OCH3 is 1. The van der Waals surface area contributed by atoms with E-state index in [2.05, 4.69) is 24.1 Å². The van der Waals surface area contributed by atoms with Gasteiger partial charge in [-0.1, -0.05) is 13.8 Å². The number of nitrogens with zero attached hydrogens (tertiary/aromatic N) is 2. The maximum absolute atomic E-state index is 10.1. The van der Waals surface area contributed by atoms with Gasteiger partial charge in [-0.3, -0.25) is 0 Å². The Morgan fingerprint density at radius 1 is 1.36 bits per heavy atom. The normalized spacial score (nSPS) is 28.6. The summed E-state index contributed by atoms with van der Waals surface area (Å²) < 4.78 is 10.4. The molecule has 0 radical (unpaired) electrons. The molecule has 0 bridgehead atoms. The van der Waals surface area contributed by atoms with Crippen molar-refractivity contribution in [3.8, 4) is 0 Å². The molecule has 160 valence electrons. The van der Waals surface area contributed by atoms with E-state index in [-0.39, 0.29) is 6.54 Å². The summed E-state index contributed by atoms with van der Waals surface area (Å²) in [5.41, 5.74) is 7.46. The van der Waals surface area contributed by atoms with E-state index in [1.54, 1.807) is 11.3 Å². The monoisotopic (exact) mass is 417 g/mol. The van der Waals surface area contributed by atoms with Gasteiger partial charge in [0.1, 0.15) is 24.4 Å². The highest BCUT2D eigenvalue weighted by Crippen LogP contribution is 2.29. The molecule has 0 amide bonds. The molecule has 11 heteroatoms. The third-order valence-corrected chi connectivity index (χ3v) is 5.84. The van der Waals surface area contributed by atoms with Gasteiger partial charge in [0, 0.05) is 23.9 Å². The van der Waals surface area contributed by atoms with Crippen LogP contribution in [-0.2, 0) is 9.47 Å². The van der Waals surface area contributed by atoms with Gasteiger partial charge in [0.25, 0.3) is 0 Å². The molecule has 0 aromatic carbocycles. The SMILES string of the molecule is COC1OC(CN(N)/C=C(\N)CNc2nc(C)c(C(C)C)s2)C(O)C(O)C1O. The first kappa shape index (κ1) is 22.8. The number of thiazole rings is 1. The number of hydrogen-bond acceptors (Lipinski definition) is 11. The van der Waals surface area contributed by atoms with Gasteiger partial charge in [-0.2, -0.15) is 0 Å². The molecule has 10 nitrogen and oxygen atoms in total. The molecule has 1 saturated heterocycles. The van der Waals surface area contributed by atoms with Gasteiger partial charge < -0.3 is 40.9 Å². The number of anilines is 1. The number of aliphatic hydroxyl groups excluding tert-OH is 3. The number of hydrazine groups is 1. The molecule has 2 rings (SSSR count). The summed E-state index contributed by atoms with van der Waals surface area (Å²) in [5.74, 6) is 6.34. The minimum absolute atomic E-state index is 0.0410. The van der Waals surface area contributed by atoms with Gasteiger partial charge >= 0.3 is 0 Å². The third kappa shape index (κ3) is 5.54. The summed E-state index contributed by atoms with van der Waals surface area (Å²) in [7, 11) is 1.34. The van der Waals surface area contributed by atoms with Crippen molar-refractivity contribution in [2.75, 3.05) is 25.5 Å². The lowest BCUT2D eigenvalue weighted by molar-refractivity contribution is -0.291. The summed E-state index contributed by atoms with van der Waals surface area (Å²) in [4.78, 5) is 5.71. The molecule has 28 heavy (non-hydrogen) atoms. The lowest BCUT2D eigenvalue weighted by Gasteiger charge is -2.40. The molecule has 0 saturated carbocycles. The Morgan fingerprint density at radius 3 is 2.61 bits per heavy atom. The van der Waals surface area contributed by atoms with Crippen molar-refractivity contribution in [1.82, 2.24) is 9.99 Å². The Labute approximate surface area is 168 Å². The van der Waals surface area contributed by atoms with Gasteiger partial charge in [0.15, 0.2) is 11.4 Å². The largest absolute Gasteiger partial charge is 0.399 e. The Morgan fingerprint density at radius 2 is 2.04 bits per heavy atom. The quantitative estimate of drug-likeness (QED) is 0.238. The van der Waals surface area contributed by atoms with Crippen LogP contribution >= 0.6 is 11.3 Å². The highest BCUT2D eigenvalue weighted by Gasteiger charge is 2.44. The standard InChI is InChI=1S/C17H31N5O5S/c1-8(2)15-9(3)21-17(28-15)20-5-10(18)6-22(19)7-11-12(23)13(24)14(25)16(26-4)27-11/h6,8,11-14,16,23-25H,5,7,18-19H2,1-4H3,(H,20,21)/b10-6-. The first-order chi connectivity index (χ1) is 13.1. The molecule has 0 aliphatic carbocycles. The van der Waals surface area contributed by atoms with E-state index in [1.807, 2.05) is 6.92 Å². The zero-order chi connectivity index (χ0) is 21.0. The first-order valence-electron chi connectivity index (χ1n) is 9.05. The molecule has 1 aromatic rings. The van der Waals surface area contributed by atoms with Crippen molar-refractivity contribution in [2.45, 2.75) is 57.4 Å². The fourth-order valence-electron chi connectivity index (χ4n) is 2.98. The number of nitrogens with two attached hydrogens (primary N) is 2. The summed E-state index contributed by atoms with van der Waals surface area (Å²) in [5, 5.41) is 35.0. The zero-order valence-corrected chi connectivity index (χ0v) is 17.4. The van der Waals surface area contributed by atoms with Crippen LogP contribution in [0.3, 0.4) is 0 Å². The van der Waals surface area contributed by atoms with Crippen LogP contribution in [0, 0.1) is 6.92 Å².